The van der Waals surface area contributed by atoms with Crippen LogP contribution in [0, 0.1) is 17.8 Å². The van der Waals surface area contributed by atoms with E-state index >= 15 is 0 Å². The topological polar surface area (TPSA) is 82.1 Å². The molecule has 240 valence electrons. The molecule has 0 aliphatic heterocycles. The minimum Gasteiger partial charge on any atom is -0.461 e. The fourth-order valence-corrected chi connectivity index (χ4v) is 6.86. The molecule has 1 aromatic carbocycles. The molecule has 3 rings (SSSR count). The van der Waals surface area contributed by atoms with E-state index in [0.29, 0.717) is 12.5 Å². The van der Waals surface area contributed by atoms with Crippen molar-refractivity contribution < 1.29 is 28.9 Å². The zero-order chi connectivity index (χ0) is 31.0. The number of aliphatic hydroxyl groups is 1. The highest BCUT2D eigenvalue weighted by Gasteiger charge is 2.31. The van der Waals surface area contributed by atoms with E-state index in [9.17, 15) is 14.7 Å². The van der Waals surface area contributed by atoms with E-state index in [0.717, 1.165) is 29.7 Å². The summed E-state index contributed by atoms with van der Waals surface area (Å²) in [7, 11) is 0. The fraction of sp³-hybridized carbons (Fsp3) is 0.676. The first-order valence-corrected chi connectivity index (χ1v) is 16.8. The SMILES string of the molecule is C=C(CO)C(=O)OCC(COC(=O)C(=C)COCCC)c1ccc(C2CCC(C3CCC(CCCCC)CC3)CC2)cc1. The molecular weight excluding hydrogens is 540 g/mol. The summed E-state index contributed by atoms with van der Waals surface area (Å²) < 4.78 is 16.3. The first-order chi connectivity index (χ1) is 20.9. The van der Waals surface area contributed by atoms with Crippen LogP contribution in [0.4, 0.5) is 0 Å². The molecule has 1 N–H and O–H groups in total. The van der Waals surface area contributed by atoms with E-state index in [2.05, 4.69) is 44.3 Å². The third kappa shape index (κ3) is 11.5. The Morgan fingerprint density at radius 2 is 1.40 bits per heavy atom. The van der Waals surface area contributed by atoms with Crippen LogP contribution in [-0.4, -0.2) is 50.1 Å². The first kappa shape index (κ1) is 35.0. The summed E-state index contributed by atoms with van der Waals surface area (Å²) in [5.74, 6) is 1.82. The maximum atomic E-state index is 12.5. The Labute approximate surface area is 260 Å². The summed E-state index contributed by atoms with van der Waals surface area (Å²) in [5, 5.41) is 9.21. The Kier molecular flexibility index (Phi) is 15.5. The highest BCUT2D eigenvalue weighted by molar-refractivity contribution is 5.88. The van der Waals surface area contributed by atoms with Gasteiger partial charge < -0.3 is 19.3 Å². The number of hydrogen-bond acceptors (Lipinski definition) is 6. The van der Waals surface area contributed by atoms with Gasteiger partial charge in [0.1, 0.15) is 13.2 Å². The molecule has 6 heteroatoms. The standard InChI is InChI=1S/C37H56O6/c1-5-7-8-9-29-10-12-30(13-11-29)31-14-16-32(17-15-31)33-18-20-34(21-19-33)35(25-42-36(39)27(3)23-38)26-43-37(40)28(4)24-41-22-6-2/h18-21,29-32,35,38H,3-17,22-26H2,1-2H3. The van der Waals surface area contributed by atoms with Crippen molar-refractivity contribution in [3.63, 3.8) is 0 Å². The van der Waals surface area contributed by atoms with Crippen LogP contribution in [0.5, 0.6) is 0 Å². The van der Waals surface area contributed by atoms with Gasteiger partial charge in [0, 0.05) is 6.61 Å². The largest absolute Gasteiger partial charge is 0.461 e. The maximum Gasteiger partial charge on any atom is 0.335 e. The van der Waals surface area contributed by atoms with Crippen LogP contribution >= 0.6 is 0 Å². The summed E-state index contributed by atoms with van der Waals surface area (Å²) in [6.45, 7) is 11.9. The second-order valence-electron chi connectivity index (χ2n) is 12.9. The van der Waals surface area contributed by atoms with Gasteiger partial charge in [-0.2, -0.15) is 0 Å². The van der Waals surface area contributed by atoms with Crippen molar-refractivity contribution in [1.29, 1.82) is 0 Å². The van der Waals surface area contributed by atoms with E-state index in [1.54, 1.807) is 0 Å². The number of rotatable bonds is 18. The molecule has 0 spiro atoms. The number of aliphatic hydroxyl groups excluding tert-OH is 1. The molecule has 2 saturated carbocycles. The van der Waals surface area contributed by atoms with Gasteiger partial charge in [-0.25, -0.2) is 9.59 Å². The molecule has 2 aliphatic rings. The van der Waals surface area contributed by atoms with Gasteiger partial charge in [-0.15, -0.1) is 0 Å². The third-order valence-electron chi connectivity index (χ3n) is 9.65. The third-order valence-corrected chi connectivity index (χ3v) is 9.65. The predicted octanol–water partition coefficient (Wildman–Crippen LogP) is 8.05. The van der Waals surface area contributed by atoms with E-state index in [4.69, 9.17) is 14.2 Å². The van der Waals surface area contributed by atoms with Crippen molar-refractivity contribution in [1.82, 2.24) is 0 Å². The second kappa shape index (κ2) is 19.1. The highest BCUT2D eigenvalue weighted by Crippen LogP contribution is 2.44. The summed E-state index contributed by atoms with van der Waals surface area (Å²) in [6, 6.07) is 8.49. The lowest BCUT2D eigenvalue weighted by molar-refractivity contribution is -0.143. The second-order valence-corrected chi connectivity index (χ2v) is 12.9. The Bertz CT molecular complexity index is 998. The lowest BCUT2D eigenvalue weighted by Gasteiger charge is -2.38. The molecule has 1 atom stereocenters. The van der Waals surface area contributed by atoms with Crippen molar-refractivity contribution in [2.24, 2.45) is 17.8 Å². The Morgan fingerprint density at radius 1 is 0.814 bits per heavy atom. The van der Waals surface area contributed by atoms with Crippen LogP contribution < -0.4 is 0 Å². The summed E-state index contributed by atoms with van der Waals surface area (Å²) in [5.41, 5.74) is 2.52. The lowest BCUT2D eigenvalue weighted by Crippen LogP contribution is -2.25. The summed E-state index contributed by atoms with van der Waals surface area (Å²) in [6.07, 6.45) is 17.3. The van der Waals surface area contributed by atoms with Gasteiger partial charge in [-0.1, -0.05) is 89.8 Å². The zero-order valence-corrected chi connectivity index (χ0v) is 26.8. The van der Waals surface area contributed by atoms with Crippen LogP contribution in [0.3, 0.4) is 0 Å². The van der Waals surface area contributed by atoms with E-state index in [-0.39, 0.29) is 36.9 Å². The van der Waals surface area contributed by atoms with E-state index < -0.39 is 18.5 Å². The molecule has 0 radical (unpaired) electrons. The molecule has 43 heavy (non-hydrogen) atoms. The predicted molar refractivity (Wildman–Crippen MR) is 172 cm³/mol. The van der Waals surface area contributed by atoms with Gasteiger partial charge in [0.25, 0.3) is 0 Å². The molecule has 1 aromatic rings. The average Bonchev–Trinajstić information content (AvgIpc) is 3.04. The monoisotopic (exact) mass is 596 g/mol. The van der Waals surface area contributed by atoms with Crippen molar-refractivity contribution in [3.05, 3.63) is 59.7 Å². The van der Waals surface area contributed by atoms with Crippen LogP contribution in [0.1, 0.15) is 120 Å². The lowest BCUT2D eigenvalue weighted by atomic mass is 9.68. The number of unbranched alkanes of at least 4 members (excludes halogenated alkanes) is 2. The van der Waals surface area contributed by atoms with Crippen LogP contribution in [-0.2, 0) is 23.8 Å². The van der Waals surface area contributed by atoms with Crippen molar-refractivity contribution in [2.45, 2.75) is 109 Å². The van der Waals surface area contributed by atoms with Crippen molar-refractivity contribution in [3.8, 4) is 0 Å². The normalized spacial score (nSPS) is 22.9. The average molecular weight is 597 g/mol. The highest BCUT2D eigenvalue weighted by atomic mass is 16.5. The Hall–Kier alpha value is -2.44. The molecule has 0 amide bonds. The zero-order valence-electron chi connectivity index (χ0n) is 26.8. The quantitative estimate of drug-likeness (QED) is 0.105. The molecule has 2 aliphatic carbocycles. The molecule has 6 nitrogen and oxygen atoms in total. The number of esters is 2. The van der Waals surface area contributed by atoms with Crippen LogP contribution in [0.25, 0.3) is 0 Å². The smallest absolute Gasteiger partial charge is 0.335 e. The van der Waals surface area contributed by atoms with E-state index in [1.165, 1.54) is 82.6 Å². The number of hydrogen-bond donors (Lipinski definition) is 1. The van der Waals surface area contributed by atoms with E-state index in [1.807, 2.05) is 6.92 Å². The first-order valence-electron chi connectivity index (χ1n) is 16.8. The van der Waals surface area contributed by atoms with Crippen molar-refractivity contribution in [2.75, 3.05) is 33.0 Å². The molecule has 0 heterocycles. The van der Waals surface area contributed by atoms with Crippen molar-refractivity contribution >= 4 is 11.9 Å². The van der Waals surface area contributed by atoms with Gasteiger partial charge in [-0.05, 0) is 79.7 Å². The number of carbonyl (C=O) groups excluding carboxylic acids is 2. The fourth-order valence-electron chi connectivity index (χ4n) is 6.86. The number of ether oxygens (including phenoxy) is 3. The molecule has 2 fully saturated rings. The molecule has 0 saturated heterocycles. The summed E-state index contributed by atoms with van der Waals surface area (Å²) in [4.78, 5) is 24.6. The van der Waals surface area contributed by atoms with Crippen LogP contribution in [0.2, 0.25) is 0 Å². The number of benzene rings is 1. The van der Waals surface area contributed by atoms with Gasteiger partial charge in [0.15, 0.2) is 0 Å². The molecule has 0 aromatic heterocycles. The molecule has 0 bridgehead atoms. The van der Waals surface area contributed by atoms with Gasteiger partial charge in [0.2, 0.25) is 0 Å². The minimum absolute atomic E-state index is 0.00918. The summed E-state index contributed by atoms with van der Waals surface area (Å²) >= 11 is 0. The van der Waals surface area contributed by atoms with Crippen LogP contribution in [0.15, 0.2) is 48.6 Å². The van der Waals surface area contributed by atoms with Gasteiger partial charge in [-0.3, -0.25) is 0 Å². The Morgan fingerprint density at radius 3 is 1.95 bits per heavy atom. The molecular formula is C37H56O6. The van der Waals surface area contributed by atoms with Gasteiger partial charge in [0.05, 0.1) is 30.3 Å². The Balaban J connectivity index is 1.53. The molecule has 1 unspecified atom stereocenters. The maximum absolute atomic E-state index is 12.5. The minimum atomic E-state index is -0.658. The van der Waals surface area contributed by atoms with Gasteiger partial charge >= 0.3 is 11.9 Å². The number of carbonyl (C=O) groups is 2.